The van der Waals surface area contributed by atoms with E-state index < -0.39 is 5.41 Å². The molecule has 2 atom stereocenters. The van der Waals surface area contributed by atoms with E-state index in [1.165, 1.54) is 0 Å². The highest BCUT2D eigenvalue weighted by Crippen LogP contribution is 2.60. The van der Waals surface area contributed by atoms with E-state index in [0.717, 1.165) is 29.7 Å². The lowest BCUT2D eigenvalue weighted by atomic mass is 9.70. The number of carbonyl (C=O) groups is 2. The lowest BCUT2D eigenvalue weighted by Gasteiger charge is -2.32. The molecule has 2 bridgehead atoms. The minimum Gasteiger partial charge on any atom is -0.325 e. The van der Waals surface area contributed by atoms with E-state index >= 15 is 0 Å². The van der Waals surface area contributed by atoms with Crippen LogP contribution in [0.4, 0.5) is 5.69 Å². The normalized spacial score (nSPS) is 29.7. The van der Waals surface area contributed by atoms with Crippen LogP contribution in [0, 0.1) is 30.6 Å². The van der Waals surface area contributed by atoms with Crippen molar-refractivity contribution >= 4 is 17.4 Å². The fourth-order valence-electron chi connectivity index (χ4n) is 4.09. The molecule has 2 saturated carbocycles. The van der Waals surface area contributed by atoms with Crippen LogP contribution in [-0.2, 0) is 9.59 Å². The van der Waals surface area contributed by atoms with Gasteiger partial charge in [-0.05, 0) is 56.2 Å². The first-order valence-corrected chi connectivity index (χ1v) is 7.71. The Morgan fingerprint density at radius 2 is 2.00 bits per heavy atom. The monoisotopic (exact) mass is 285 g/mol. The molecule has 2 aliphatic rings. The molecule has 2 fully saturated rings. The highest BCUT2D eigenvalue weighted by molar-refractivity contribution is 6.15. The molecule has 2 aliphatic carbocycles. The van der Waals surface area contributed by atoms with Crippen molar-refractivity contribution < 1.29 is 9.59 Å². The van der Waals surface area contributed by atoms with Gasteiger partial charge in [0.25, 0.3) is 0 Å². The number of fused-ring (bicyclic) bond motifs is 2. The minimum absolute atomic E-state index is 0.103. The molecule has 1 aromatic rings. The number of Topliss-reactive ketones (excluding diaryl/α,β-unsaturated/α-hetero) is 1. The number of anilines is 1. The molecule has 21 heavy (non-hydrogen) atoms. The van der Waals surface area contributed by atoms with E-state index in [2.05, 4.69) is 5.32 Å². The highest BCUT2D eigenvalue weighted by Gasteiger charge is 2.65. The first-order valence-electron chi connectivity index (χ1n) is 7.71. The van der Waals surface area contributed by atoms with E-state index in [1.807, 2.05) is 45.9 Å². The van der Waals surface area contributed by atoms with Crippen LogP contribution in [0.15, 0.2) is 18.2 Å². The first-order chi connectivity index (χ1) is 9.77. The van der Waals surface area contributed by atoms with Gasteiger partial charge in [0.1, 0.15) is 5.41 Å². The lowest BCUT2D eigenvalue weighted by Crippen LogP contribution is -2.44. The third kappa shape index (κ3) is 1.94. The fraction of sp³-hybridized carbons (Fsp3) is 0.556. The van der Waals surface area contributed by atoms with Gasteiger partial charge in [-0.3, -0.25) is 9.59 Å². The van der Waals surface area contributed by atoms with Crippen molar-refractivity contribution in [3.63, 3.8) is 0 Å². The Morgan fingerprint density at radius 1 is 1.29 bits per heavy atom. The molecular formula is C18H23NO2. The van der Waals surface area contributed by atoms with Gasteiger partial charge in [0.2, 0.25) is 5.91 Å². The number of ketones is 1. The molecule has 3 rings (SSSR count). The Hall–Kier alpha value is -1.64. The van der Waals surface area contributed by atoms with Gasteiger partial charge in [-0.25, -0.2) is 0 Å². The van der Waals surface area contributed by atoms with Gasteiger partial charge in [0.15, 0.2) is 5.78 Å². The van der Waals surface area contributed by atoms with Crippen LogP contribution in [-0.4, -0.2) is 11.7 Å². The highest BCUT2D eigenvalue weighted by atomic mass is 16.2. The fourth-order valence-corrected chi connectivity index (χ4v) is 4.09. The summed E-state index contributed by atoms with van der Waals surface area (Å²) < 4.78 is 0. The minimum atomic E-state index is -0.787. The average molecular weight is 285 g/mol. The molecule has 0 saturated heterocycles. The molecule has 1 aromatic carbocycles. The Bertz CT molecular complexity index is 632. The standard InChI is InChI=1S/C18H23NO2/c1-11-5-6-12(2)14(9-11)19-16(21)18-8-7-13(10-18)17(3,4)15(18)20/h5-6,9,13H,7-8,10H2,1-4H3,(H,19,21). The molecule has 1 N–H and O–H groups in total. The van der Waals surface area contributed by atoms with Crippen molar-refractivity contribution in [3.8, 4) is 0 Å². The molecule has 112 valence electrons. The number of carbonyl (C=O) groups excluding carboxylic acids is 2. The predicted octanol–water partition coefficient (Wildman–Crippen LogP) is 3.64. The van der Waals surface area contributed by atoms with E-state index in [9.17, 15) is 9.59 Å². The van der Waals surface area contributed by atoms with Crippen LogP contribution >= 0.6 is 0 Å². The van der Waals surface area contributed by atoms with Gasteiger partial charge >= 0.3 is 0 Å². The zero-order chi connectivity index (χ0) is 15.4. The van der Waals surface area contributed by atoms with E-state index in [1.54, 1.807) is 0 Å². The molecule has 2 unspecified atom stereocenters. The maximum atomic E-state index is 12.8. The number of benzene rings is 1. The Labute approximate surface area is 126 Å². The van der Waals surface area contributed by atoms with E-state index in [-0.39, 0.29) is 17.1 Å². The summed E-state index contributed by atoms with van der Waals surface area (Å²) in [5.74, 6) is 0.387. The van der Waals surface area contributed by atoms with Crippen LogP contribution in [0.5, 0.6) is 0 Å². The van der Waals surface area contributed by atoms with Crippen LogP contribution in [0.1, 0.15) is 44.2 Å². The third-order valence-corrected chi connectivity index (χ3v) is 5.63. The lowest BCUT2D eigenvalue weighted by molar-refractivity contribution is -0.142. The summed E-state index contributed by atoms with van der Waals surface area (Å²) in [6.45, 7) is 7.96. The van der Waals surface area contributed by atoms with Crippen LogP contribution in [0.3, 0.4) is 0 Å². The number of hydrogen-bond donors (Lipinski definition) is 1. The summed E-state index contributed by atoms with van der Waals surface area (Å²) in [6, 6.07) is 6.00. The summed E-state index contributed by atoms with van der Waals surface area (Å²) in [4.78, 5) is 25.6. The largest absolute Gasteiger partial charge is 0.325 e. The van der Waals surface area contributed by atoms with Crippen molar-refractivity contribution in [2.45, 2.75) is 47.0 Å². The summed E-state index contributed by atoms with van der Waals surface area (Å²) in [7, 11) is 0. The second-order valence-corrected chi connectivity index (χ2v) is 7.35. The second kappa shape index (κ2) is 4.43. The van der Waals surface area contributed by atoms with Gasteiger partial charge in [0.05, 0.1) is 0 Å². The summed E-state index contributed by atoms with van der Waals surface area (Å²) >= 11 is 0. The Kier molecular flexibility index (Phi) is 3.01. The summed E-state index contributed by atoms with van der Waals surface area (Å²) in [6.07, 6.45) is 2.41. The molecule has 1 amide bonds. The molecule has 0 aliphatic heterocycles. The van der Waals surface area contributed by atoms with Crippen LogP contribution in [0.25, 0.3) is 0 Å². The molecule has 0 heterocycles. The Balaban J connectivity index is 1.90. The van der Waals surface area contributed by atoms with Crippen LogP contribution in [0.2, 0.25) is 0 Å². The molecule has 0 aromatic heterocycles. The molecule has 3 heteroatoms. The topological polar surface area (TPSA) is 46.2 Å². The van der Waals surface area contributed by atoms with Crippen molar-refractivity contribution in [2.24, 2.45) is 16.7 Å². The predicted molar refractivity (Wildman–Crippen MR) is 83.1 cm³/mol. The van der Waals surface area contributed by atoms with Crippen molar-refractivity contribution in [3.05, 3.63) is 29.3 Å². The zero-order valence-corrected chi connectivity index (χ0v) is 13.2. The number of amides is 1. The first kappa shape index (κ1) is 14.3. The molecule has 3 nitrogen and oxygen atoms in total. The average Bonchev–Trinajstić information content (AvgIpc) is 2.94. The summed E-state index contributed by atoms with van der Waals surface area (Å²) in [5.41, 5.74) is 1.83. The number of aryl methyl sites for hydroxylation is 2. The third-order valence-electron chi connectivity index (χ3n) is 5.63. The van der Waals surface area contributed by atoms with Crippen LogP contribution < -0.4 is 5.32 Å². The van der Waals surface area contributed by atoms with Gasteiger partial charge < -0.3 is 5.32 Å². The molecular weight excluding hydrogens is 262 g/mol. The maximum Gasteiger partial charge on any atom is 0.238 e. The van der Waals surface area contributed by atoms with Crippen molar-refractivity contribution in [1.29, 1.82) is 0 Å². The number of rotatable bonds is 2. The second-order valence-electron chi connectivity index (χ2n) is 7.35. The van der Waals surface area contributed by atoms with Gasteiger partial charge in [-0.1, -0.05) is 26.0 Å². The maximum absolute atomic E-state index is 12.8. The van der Waals surface area contributed by atoms with E-state index in [0.29, 0.717) is 12.3 Å². The molecule has 0 spiro atoms. The van der Waals surface area contributed by atoms with Gasteiger partial charge in [-0.2, -0.15) is 0 Å². The SMILES string of the molecule is Cc1ccc(C)c(NC(=O)C23CCC(C2)C(C)(C)C3=O)c1. The number of hydrogen-bond acceptors (Lipinski definition) is 2. The zero-order valence-electron chi connectivity index (χ0n) is 13.2. The van der Waals surface area contributed by atoms with E-state index in [4.69, 9.17) is 0 Å². The van der Waals surface area contributed by atoms with Crippen molar-refractivity contribution in [2.75, 3.05) is 5.32 Å². The van der Waals surface area contributed by atoms with Gasteiger partial charge in [-0.15, -0.1) is 0 Å². The Morgan fingerprint density at radius 3 is 2.62 bits per heavy atom. The quantitative estimate of drug-likeness (QED) is 0.843. The summed E-state index contributed by atoms with van der Waals surface area (Å²) in [5, 5.41) is 3.02. The van der Waals surface area contributed by atoms with Gasteiger partial charge in [0, 0.05) is 11.1 Å². The smallest absolute Gasteiger partial charge is 0.238 e. The molecule has 0 radical (unpaired) electrons. The van der Waals surface area contributed by atoms with Crippen molar-refractivity contribution in [1.82, 2.24) is 0 Å². The number of nitrogens with one attached hydrogen (secondary N) is 1.